The third-order valence-electron chi connectivity index (χ3n) is 0.679. The number of rotatable bonds is 3. The van der Waals surface area contributed by atoms with Crippen LogP contribution >= 0.6 is 0 Å². The van der Waals surface area contributed by atoms with Crippen molar-refractivity contribution >= 4 is 12.0 Å². The SMILES string of the molecule is COCC=CC(=O)N=C=O. The minimum absolute atomic E-state index is 0.333. The molecule has 0 aliphatic carbocycles. The van der Waals surface area contributed by atoms with Crippen LogP contribution in [0.2, 0.25) is 0 Å². The van der Waals surface area contributed by atoms with Crippen molar-refractivity contribution in [1.29, 1.82) is 0 Å². The van der Waals surface area contributed by atoms with Crippen LogP contribution in [0.1, 0.15) is 0 Å². The van der Waals surface area contributed by atoms with Crippen molar-refractivity contribution in [2.24, 2.45) is 4.99 Å². The molecule has 0 N–H and O–H groups in total. The number of hydrogen-bond acceptors (Lipinski definition) is 3. The normalized spacial score (nSPS) is 9.30. The van der Waals surface area contributed by atoms with Crippen LogP contribution in [0.25, 0.3) is 0 Å². The Morgan fingerprint density at radius 1 is 1.80 bits per heavy atom. The quantitative estimate of drug-likeness (QED) is 0.317. The Labute approximate surface area is 58.2 Å². The van der Waals surface area contributed by atoms with Crippen molar-refractivity contribution in [3.63, 3.8) is 0 Å². The minimum atomic E-state index is -0.618. The van der Waals surface area contributed by atoms with E-state index in [1.54, 1.807) is 0 Å². The first-order valence-corrected chi connectivity index (χ1v) is 2.58. The van der Waals surface area contributed by atoms with Gasteiger partial charge in [0.2, 0.25) is 6.08 Å². The Morgan fingerprint density at radius 3 is 3.00 bits per heavy atom. The largest absolute Gasteiger partial charge is 0.381 e. The fraction of sp³-hybridized carbons (Fsp3) is 0.333. The topological polar surface area (TPSA) is 55.7 Å². The summed E-state index contributed by atoms with van der Waals surface area (Å²) in [4.78, 5) is 22.6. The Bertz CT molecular complexity index is 179. The van der Waals surface area contributed by atoms with Gasteiger partial charge in [0.15, 0.2) is 0 Å². The van der Waals surface area contributed by atoms with Gasteiger partial charge in [0.1, 0.15) is 0 Å². The van der Waals surface area contributed by atoms with E-state index in [4.69, 9.17) is 0 Å². The monoisotopic (exact) mass is 141 g/mol. The first kappa shape index (κ1) is 8.75. The van der Waals surface area contributed by atoms with E-state index < -0.39 is 5.91 Å². The van der Waals surface area contributed by atoms with E-state index in [0.717, 1.165) is 12.2 Å². The number of amides is 1. The van der Waals surface area contributed by atoms with Crippen LogP contribution in [0, 0.1) is 0 Å². The lowest BCUT2D eigenvalue weighted by atomic mass is 10.5. The van der Waals surface area contributed by atoms with Gasteiger partial charge in [-0.15, -0.1) is 4.99 Å². The van der Waals surface area contributed by atoms with E-state index in [2.05, 4.69) is 9.73 Å². The van der Waals surface area contributed by atoms with Crippen LogP contribution in [0.5, 0.6) is 0 Å². The van der Waals surface area contributed by atoms with Crippen LogP contribution in [-0.2, 0) is 14.3 Å². The highest BCUT2D eigenvalue weighted by Gasteiger charge is 1.86. The van der Waals surface area contributed by atoms with Crippen LogP contribution in [0.4, 0.5) is 0 Å². The number of aliphatic imine (C=N–C) groups is 1. The summed E-state index contributed by atoms with van der Waals surface area (Å²) in [6.45, 7) is 0.333. The number of nitrogens with zero attached hydrogens (tertiary/aromatic N) is 1. The Hall–Kier alpha value is -1.25. The van der Waals surface area contributed by atoms with Crippen LogP contribution in [-0.4, -0.2) is 25.7 Å². The van der Waals surface area contributed by atoms with Crippen molar-refractivity contribution in [3.05, 3.63) is 12.2 Å². The molecular formula is C6H7NO3. The fourth-order valence-electron chi connectivity index (χ4n) is 0.327. The van der Waals surface area contributed by atoms with E-state index in [9.17, 15) is 9.59 Å². The Kier molecular flexibility index (Phi) is 5.14. The molecule has 1 amide bonds. The molecule has 4 heteroatoms. The predicted octanol–water partition coefficient (Wildman–Crippen LogP) is 0.0514. The van der Waals surface area contributed by atoms with E-state index in [1.165, 1.54) is 13.2 Å². The van der Waals surface area contributed by atoms with E-state index in [-0.39, 0.29) is 0 Å². The molecule has 0 bridgehead atoms. The van der Waals surface area contributed by atoms with Crippen LogP contribution < -0.4 is 0 Å². The van der Waals surface area contributed by atoms with Gasteiger partial charge in [-0.2, -0.15) is 0 Å². The molecule has 4 nitrogen and oxygen atoms in total. The van der Waals surface area contributed by atoms with Gasteiger partial charge in [-0.3, -0.25) is 4.79 Å². The van der Waals surface area contributed by atoms with Gasteiger partial charge in [-0.1, -0.05) is 6.08 Å². The smallest absolute Gasteiger partial charge is 0.280 e. The number of hydrogen-bond donors (Lipinski definition) is 0. The lowest BCUT2D eigenvalue weighted by molar-refractivity contribution is -0.113. The molecule has 0 aliphatic rings. The van der Waals surface area contributed by atoms with Gasteiger partial charge in [-0.05, 0) is 0 Å². The van der Waals surface area contributed by atoms with Crippen molar-refractivity contribution in [1.82, 2.24) is 0 Å². The molecule has 0 aromatic carbocycles. The minimum Gasteiger partial charge on any atom is -0.381 e. The first-order valence-electron chi connectivity index (χ1n) is 2.58. The van der Waals surface area contributed by atoms with E-state index in [0.29, 0.717) is 6.61 Å². The second kappa shape index (κ2) is 5.88. The van der Waals surface area contributed by atoms with Gasteiger partial charge in [0, 0.05) is 13.2 Å². The van der Waals surface area contributed by atoms with Crippen molar-refractivity contribution < 1.29 is 14.3 Å². The zero-order valence-corrected chi connectivity index (χ0v) is 5.53. The predicted molar refractivity (Wildman–Crippen MR) is 34.1 cm³/mol. The molecule has 0 unspecified atom stereocenters. The van der Waals surface area contributed by atoms with Gasteiger partial charge in [0.05, 0.1) is 6.61 Å². The second-order valence-electron chi connectivity index (χ2n) is 1.40. The zero-order valence-electron chi connectivity index (χ0n) is 5.53. The summed E-state index contributed by atoms with van der Waals surface area (Å²) in [5, 5.41) is 0. The third-order valence-corrected chi connectivity index (χ3v) is 0.679. The summed E-state index contributed by atoms with van der Waals surface area (Å²) < 4.78 is 4.59. The Morgan fingerprint density at radius 2 is 2.50 bits per heavy atom. The highest BCUT2D eigenvalue weighted by atomic mass is 16.5. The highest BCUT2D eigenvalue weighted by molar-refractivity contribution is 5.91. The molecule has 10 heavy (non-hydrogen) atoms. The molecule has 0 saturated heterocycles. The van der Waals surface area contributed by atoms with Crippen molar-refractivity contribution in [2.45, 2.75) is 0 Å². The summed E-state index contributed by atoms with van der Waals surface area (Å²) in [5.74, 6) is -0.618. The number of carbonyl (C=O) groups is 1. The molecule has 0 radical (unpaired) electrons. The summed E-state index contributed by atoms with van der Waals surface area (Å²) in [7, 11) is 1.50. The summed E-state index contributed by atoms with van der Waals surface area (Å²) >= 11 is 0. The molecule has 0 atom stereocenters. The molecule has 0 aromatic rings. The molecule has 0 saturated carbocycles. The molecule has 0 rings (SSSR count). The van der Waals surface area contributed by atoms with E-state index in [1.807, 2.05) is 0 Å². The second-order valence-corrected chi connectivity index (χ2v) is 1.40. The molecule has 0 fully saturated rings. The highest BCUT2D eigenvalue weighted by Crippen LogP contribution is 1.77. The summed E-state index contributed by atoms with van der Waals surface area (Å²) in [6, 6.07) is 0. The summed E-state index contributed by atoms with van der Waals surface area (Å²) in [5.41, 5.74) is 0. The number of isocyanates is 1. The van der Waals surface area contributed by atoms with Gasteiger partial charge >= 0.3 is 0 Å². The average Bonchev–Trinajstić information content (AvgIpc) is 1.89. The van der Waals surface area contributed by atoms with Gasteiger partial charge in [0.25, 0.3) is 5.91 Å². The lowest BCUT2D eigenvalue weighted by Gasteiger charge is -1.83. The zero-order chi connectivity index (χ0) is 7.82. The third kappa shape index (κ3) is 4.90. The maximum Gasteiger partial charge on any atom is 0.280 e. The molecule has 54 valence electrons. The fourth-order valence-corrected chi connectivity index (χ4v) is 0.327. The standard InChI is InChI=1S/C6H7NO3/c1-10-4-2-3-6(9)7-5-8/h2-3H,4H2,1H3. The van der Waals surface area contributed by atoms with Crippen molar-refractivity contribution in [3.8, 4) is 0 Å². The van der Waals surface area contributed by atoms with Gasteiger partial charge in [-0.25, -0.2) is 4.79 Å². The Balaban J connectivity index is 3.66. The lowest BCUT2D eigenvalue weighted by Crippen LogP contribution is -1.87. The van der Waals surface area contributed by atoms with Crippen LogP contribution in [0.15, 0.2) is 17.1 Å². The van der Waals surface area contributed by atoms with Crippen molar-refractivity contribution in [2.75, 3.05) is 13.7 Å². The number of methoxy groups -OCH3 is 1. The first-order chi connectivity index (χ1) is 4.81. The molecule has 0 heterocycles. The average molecular weight is 141 g/mol. The molecule has 0 spiro atoms. The maximum atomic E-state index is 10.3. The van der Waals surface area contributed by atoms with E-state index >= 15 is 0 Å². The maximum absolute atomic E-state index is 10.3. The number of carbonyl (C=O) groups excluding carboxylic acids is 2. The summed E-state index contributed by atoms with van der Waals surface area (Å²) in [6.07, 6.45) is 3.74. The van der Waals surface area contributed by atoms with Gasteiger partial charge < -0.3 is 4.74 Å². The molecule has 0 aliphatic heterocycles. The number of ether oxygens (including phenoxy) is 1. The van der Waals surface area contributed by atoms with Crippen LogP contribution in [0.3, 0.4) is 0 Å². The molecule has 0 aromatic heterocycles. The molecular weight excluding hydrogens is 134 g/mol.